The maximum absolute atomic E-state index is 12.9. The van der Waals surface area contributed by atoms with Gasteiger partial charge in [0.25, 0.3) is 5.91 Å². The van der Waals surface area contributed by atoms with Gasteiger partial charge in [0.05, 0.1) is 19.9 Å². The van der Waals surface area contributed by atoms with Crippen molar-refractivity contribution < 1.29 is 14.3 Å². The van der Waals surface area contributed by atoms with E-state index in [9.17, 15) is 4.79 Å². The molecular weight excluding hydrogens is 368 g/mol. The van der Waals surface area contributed by atoms with Gasteiger partial charge < -0.3 is 20.1 Å². The molecule has 0 fully saturated rings. The lowest BCUT2D eigenvalue weighted by atomic mass is 10.2. The Bertz CT molecular complexity index is 991. The molecule has 0 bridgehead atoms. The largest absolute Gasteiger partial charge is 0.497 e. The Hall–Kier alpha value is -3.61. The molecule has 1 heterocycles. The van der Waals surface area contributed by atoms with Crippen LogP contribution in [0, 0.1) is 0 Å². The number of aromatic nitrogens is 2. The van der Waals surface area contributed by atoms with Crippen LogP contribution in [0.2, 0.25) is 0 Å². The second kappa shape index (κ2) is 9.05. The lowest BCUT2D eigenvalue weighted by Crippen LogP contribution is -2.18. The quantitative estimate of drug-likeness (QED) is 0.626. The number of benzene rings is 2. The highest BCUT2D eigenvalue weighted by Crippen LogP contribution is 2.29. The highest BCUT2D eigenvalue weighted by Gasteiger charge is 2.16. The molecule has 7 heteroatoms. The summed E-state index contributed by atoms with van der Waals surface area (Å²) in [6, 6.07) is 16.5. The first-order valence-corrected chi connectivity index (χ1v) is 9.24. The van der Waals surface area contributed by atoms with E-state index >= 15 is 0 Å². The zero-order chi connectivity index (χ0) is 20.8. The SMILES string of the molecule is COc1ccc(NC(=O)c2cc(NC(C)C)nc(-c3ccccc3)n2)c(OC)c1. The minimum Gasteiger partial charge on any atom is -0.497 e. The number of carbonyl (C=O) groups is 1. The molecule has 0 atom stereocenters. The van der Waals surface area contributed by atoms with Crippen molar-refractivity contribution in [3.8, 4) is 22.9 Å². The van der Waals surface area contributed by atoms with Crippen LogP contribution in [0.15, 0.2) is 54.6 Å². The first kappa shape index (κ1) is 20.1. The second-order valence-corrected chi connectivity index (χ2v) is 6.65. The van der Waals surface area contributed by atoms with Crippen molar-refractivity contribution >= 4 is 17.4 Å². The number of hydrogen-bond donors (Lipinski definition) is 2. The Kier molecular flexibility index (Phi) is 6.29. The van der Waals surface area contributed by atoms with Crippen LogP contribution in [-0.4, -0.2) is 36.1 Å². The van der Waals surface area contributed by atoms with Crippen LogP contribution in [0.25, 0.3) is 11.4 Å². The van der Waals surface area contributed by atoms with Crippen LogP contribution in [-0.2, 0) is 0 Å². The number of nitrogens with zero attached hydrogens (tertiary/aromatic N) is 2. The molecule has 1 amide bonds. The monoisotopic (exact) mass is 392 g/mol. The minimum absolute atomic E-state index is 0.158. The molecule has 150 valence electrons. The molecule has 0 spiro atoms. The lowest BCUT2D eigenvalue weighted by Gasteiger charge is -2.14. The van der Waals surface area contributed by atoms with Crippen molar-refractivity contribution in [2.75, 3.05) is 24.9 Å². The van der Waals surface area contributed by atoms with E-state index in [-0.39, 0.29) is 17.6 Å². The number of amides is 1. The van der Waals surface area contributed by atoms with Crippen molar-refractivity contribution in [3.63, 3.8) is 0 Å². The average molecular weight is 392 g/mol. The summed E-state index contributed by atoms with van der Waals surface area (Å²) in [7, 11) is 3.11. The Morgan fingerprint density at radius 3 is 2.38 bits per heavy atom. The van der Waals surface area contributed by atoms with Crippen LogP contribution in [0.4, 0.5) is 11.5 Å². The molecule has 2 N–H and O–H groups in total. The second-order valence-electron chi connectivity index (χ2n) is 6.65. The third-order valence-electron chi connectivity index (χ3n) is 4.08. The Balaban J connectivity index is 1.95. The molecule has 0 saturated heterocycles. The molecule has 3 aromatic rings. The van der Waals surface area contributed by atoms with E-state index in [1.165, 1.54) is 7.11 Å². The molecule has 1 aromatic heterocycles. The fourth-order valence-electron chi connectivity index (χ4n) is 2.74. The van der Waals surface area contributed by atoms with E-state index in [4.69, 9.17) is 9.47 Å². The smallest absolute Gasteiger partial charge is 0.274 e. The van der Waals surface area contributed by atoms with Crippen LogP contribution in [0.1, 0.15) is 24.3 Å². The number of anilines is 2. The lowest BCUT2D eigenvalue weighted by molar-refractivity contribution is 0.102. The van der Waals surface area contributed by atoms with E-state index in [1.54, 1.807) is 31.4 Å². The van der Waals surface area contributed by atoms with E-state index in [1.807, 2.05) is 44.2 Å². The fraction of sp³-hybridized carbons (Fsp3) is 0.227. The summed E-state index contributed by atoms with van der Waals surface area (Å²) in [5.74, 6) is 1.83. The molecule has 0 radical (unpaired) electrons. The summed E-state index contributed by atoms with van der Waals surface area (Å²) in [6.07, 6.45) is 0. The van der Waals surface area contributed by atoms with E-state index < -0.39 is 0 Å². The van der Waals surface area contributed by atoms with Gasteiger partial charge in [-0.3, -0.25) is 4.79 Å². The van der Waals surface area contributed by atoms with E-state index in [0.29, 0.717) is 28.8 Å². The fourth-order valence-corrected chi connectivity index (χ4v) is 2.74. The first-order valence-electron chi connectivity index (χ1n) is 9.24. The molecule has 29 heavy (non-hydrogen) atoms. The molecule has 0 aliphatic rings. The number of nitrogens with one attached hydrogen (secondary N) is 2. The van der Waals surface area contributed by atoms with Gasteiger partial charge in [0.15, 0.2) is 5.82 Å². The van der Waals surface area contributed by atoms with Crippen molar-refractivity contribution in [2.45, 2.75) is 19.9 Å². The predicted octanol–water partition coefficient (Wildman–Crippen LogP) is 4.23. The molecule has 3 rings (SSSR count). The number of methoxy groups -OCH3 is 2. The standard InChI is InChI=1S/C22H24N4O3/c1-14(2)23-20-13-18(24-21(26-20)15-8-6-5-7-9-15)22(27)25-17-11-10-16(28-3)12-19(17)29-4/h5-14H,1-4H3,(H,25,27)(H,23,24,26). The Morgan fingerprint density at radius 1 is 0.966 bits per heavy atom. The Labute approximate surface area is 170 Å². The van der Waals surface area contributed by atoms with Gasteiger partial charge in [0, 0.05) is 23.7 Å². The predicted molar refractivity (Wildman–Crippen MR) is 114 cm³/mol. The zero-order valence-corrected chi connectivity index (χ0v) is 16.9. The van der Waals surface area contributed by atoms with Gasteiger partial charge in [0.1, 0.15) is 23.0 Å². The number of rotatable bonds is 7. The van der Waals surface area contributed by atoms with Gasteiger partial charge >= 0.3 is 0 Å². The molecule has 2 aromatic carbocycles. The van der Waals surface area contributed by atoms with Gasteiger partial charge in [-0.2, -0.15) is 0 Å². The van der Waals surface area contributed by atoms with Crippen molar-refractivity contribution in [1.29, 1.82) is 0 Å². The van der Waals surface area contributed by atoms with E-state index in [2.05, 4.69) is 20.6 Å². The summed E-state index contributed by atoms with van der Waals surface area (Å²) in [4.78, 5) is 22.0. The molecule has 0 aliphatic heterocycles. The van der Waals surface area contributed by atoms with Gasteiger partial charge in [-0.05, 0) is 26.0 Å². The highest BCUT2D eigenvalue weighted by atomic mass is 16.5. The summed E-state index contributed by atoms with van der Waals surface area (Å²) >= 11 is 0. The summed E-state index contributed by atoms with van der Waals surface area (Å²) in [5.41, 5.74) is 1.60. The van der Waals surface area contributed by atoms with Crippen LogP contribution in [0.3, 0.4) is 0 Å². The molecule has 0 unspecified atom stereocenters. The van der Waals surface area contributed by atoms with Gasteiger partial charge in [-0.1, -0.05) is 30.3 Å². The molecule has 0 aliphatic carbocycles. The highest BCUT2D eigenvalue weighted by molar-refractivity contribution is 6.04. The third kappa shape index (κ3) is 5.01. The molecule has 0 saturated carbocycles. The van der Waals surface area contributed by atoms with Crippen LogP contribution in [0.5, 0.6) is 11.5 Å². The molecular formula is C22H24N4O3. The number of hydrogen-bond acceptors (Lipinski definition) is 6. The summed E-state index contributed by atoms with van der Waals surface area (Å²) in [6.45, 7) is 4.01. The van der Waals surface area contributed by atoms with E-state index in [0.717, 1.165) is 5.56 Å². The Morgan fingerprint density at radius 2 is 1.72 bits per heavy atom. The maximum atomic E-state index is 12.9. The topological polar surface area (TPSA) is 85.4 Å². The normalized spacial score (nSPS) is 10.5. The van der Waals surface area contributed by atoms with Gasteiger partial charge in [-0.25, -0.2) is 9.97 Å². The summed E-state index contributed by atoms with van der Waals surface area (Å²) < 4.78 is 10.6. The maximum Gasteiger partial charge on any atom is 0.274 e. The van der Waals surface area contributed by atoms with Crippen LogP contribution < -0.4 is 20.1 Å². The van der Waals surface area contributed by atoms with Crippen LogP contribution >= 0.6 is 0 Å². The van der Waals surface area contributed by atoms with Crippen molar-refractivity contribution in [3.05, 3.63) is 60.3 Å². The van der Waals surface area contributed by atoms with Crippen molar-refractivity contribution in [2.24, 2.45) is 0 Å². The average Bonchev–Trinajstić information content (AvgIpc) is 2.73. The zero-order valence-electron chi connectivity index (χ0n) is 16.9. The first-order chi connectivity index (χ1) is 14.0. The van der Waals surface area contributed by atoms with Gasteiger partial charge in [-0.15, -0.1) is 0 Å². The number of carbonyl (C=O) groups excluding carboxylic acids is 1. The summed E-state index contributed by atoms with van der Waals surface area (Å²) in [5, 5.41) is 6.09. The molecule has 7 nitrogen and oxygen atoms in total. The van der Waals surface area contributed by atoms with Gasteiger partial charge in [0.2, 0.25) is 0 Å². The minimum atomic E-state index is -0.361. The van der Waals surface area contributed by atoms with Crippen molar-refractivity contribution in [1.82, 2.24) is 9.97 Å². The third-order valence-corrected chi connectivity index (χ3v) is 4.08. The number of ether oxygens (including phenoxy) is 2.